The highest BCUT2D eigenvalue weighted by Gasteiger charge is 2.21. The zero-order valence-electron chi connectivity index (χ0n) is 12.9. The molecule has 1 heterocycles. The second-order valence-corrected chi connectivity index (χ2v) is 5.74. The fourth-order valence-electron chi connectivity index (χ4n) is 2.70. The Hall–Kier alpha value is -1.86. The van der Waals surface area contributed by atoms with Crippen LogP contribution in [0.2, 0.25) is 0 Å². The van der Waals surface area contributed by atoms with E-state index >= 15 is 0 Å². The minimum Gasteiger partial charge on any atom is -0.341 e. The number of carbonyl (C=O) groups is 1. The van der Waals surface area contributed by atoms with Gasteiger partial charge in [-0.2, -0.15) is 5.26 Å². The van der Waals surface area contributed by atoms with E-state index in [2.05, 4.69) is 11.4 Å². The minimum absolute atomic E-state index is 0.168. The monoisotopic (exact) mass is 285 g/mol. The molecule has 0 saturated carbocycles. The Balaban J connectivity index is 1.90. The fourth-order valence-corrected chi connectivity index (χ4v) is 2.70. The molecule has 4 heteroatoms. The van der Waals surface area contributed by atoms with Crippen LogP contribution in [-0.2, 0) is 11.3 Å². The molecule has 112 valence electrons. The maximum absolute atomic E-state index is 12.3. The van der Waals surface area contributed by atoms with Gasteiger partial charge in [0.2, 0.25) is 5.91 Å². The number of nitrogens with one attached hydrogen (secondary N) is 1. The van der Waals surface area contributed by atoms with Gasteiger partial charge in [0.05, 0.1) is 17.7 Å². The number of nitriles is 1. The Morgan fingerprint density at radius 2 is 2.10 bits per heavy atom. The smallest absolute Gasteiger partial charge is 0.239 e. The van der Waals surface area contributed by atoms with Crippen LogP contribution in [-0.4, -0.2) is 29.9 Å². The van der Waals surface area contributed by atoms with Crippen LogP contribution in [0.3, 0.4) is 0 Å². The molecular formula is C17H23N3O. The number of benzene rings is 1. The van der Waals surface area contributed by atoms with Crippen LogP contribution < -0.4 is 5.32 Å². The first kappa shape index (κ1) is 15.5. The van der Waals surface area contributed by atoms with Gasteiger partial charge in [0.1, 0.15) is 0 Å². The summed E-state index contributed by atoms with van der Waals surface area (Å²) in [6, 6.07) is 7.63. The fraction of sp³-hybridized carbons (Fsp3) is 0.529. The van der Waals surface area contributed by atoms with Crippen molar-refractivity contribution in [2.45, 2.75) is 45.7 Å². The zero-order chi connectivity index (χ0) is 15.2. The predicted octanol–water partition coefficient (Wildman–Crippen LogP) is 2.36. The third kappa shape index (κ3) is 4.05. The molecule has 0 bridgehead atoms. The van der Waals surface area contributed by atoms with Gasteiger partial charge in [-0.15, -0.1) is 0 Å². The summed E-state index contributed by atoms with van der Waals surface area (Å²) < 4.78 is 0. The third-order valence-electron chi connectivity index (χ3n) is 4.11. The summed E-state index contributed by atoms with van der Waals surface area (Å²) in [6.45, 7) is 6.35. The third-order valence-corrected chi connectivity index (χ3v) is 4.11. The van der Waals surface area contributed by atoms with E-state index in [1.807, 2.05) is 36.9 Å². The summed E-state index contributed by atoms with van der Waals surface area (Å²) in [4.78, 5) is 14.3. The average molecular weight is 285 g/mol. The first-order valence-electron chi connectivity index (χ1n) is 7.63. The number of hydrogen-bond acceptors (Lipinski definition) is 3. The Labute approximate surface area is 126 Å². The highest BCUT2D eigenvalue weighted by molar-refractivity contribution is 5.81. The van der Waals surface area contributed by atoms with E-state index in [0.29, 0.717) is 12.1 Å². The SMILES string of the molecule is Cc1cc(C#N)ccc1CNC(C)C(=O)N1CCCCC1. The molecule has 1 fully saturated rings. The summed E-state index contributed by atoms with van der Waals surface area (Å²) in [5.74, 6) is 0.195. The highest BCUT2D eigenvalue weighted by atomic mass is 16.2. The molecule has 1 aromatic rings. The van der Waals surface area contributed by atoms with Crippen molar-refractivity contribution in [1.29, 1.82) is 5.26 Å². The molecule has 0 radical (unpaired) electrons. The van der Waals surface area contributed by atoms with Gasteiger partial charge in [0.15, 0.2) is 0 Å². The molecule has 1 amide bonds. The van der Waals surface area contributed by atoms with E-state index in [0.717, 1.165) is 37.1 Å². The number of carbonyl (C=O) groups excluding carboxylic acids is 1. The lowest BCUT2D eigenvalue weighted by molar-refractivity contribution is -0.133. The molecule has 0 aromatic heterocycles. The quantitative estimate of drug-likeness (QED) is 0.924. The Kier molecular flexibility index (Phi) is 5.35. The number of piperidine rings is 1. The minimum atomic E-state index is -0.168. The van der Waals surface area contributed by atoms with Crippen molar-refractivity contribution >= 4 is 5.91 Å². The van der Waals surface area contributed by atoms with Gasteiger partial charge in [-0.3, -0.25) is 4.79 Å². The molecule has 0 spiro atoms. The molecule has 1 aliphatic heterocycles. The van der Waals surface area contributed by atoms with Crippen LogP contribution in [0.25, 0.3) is 0 Å². The summed E-state index contributed by atoms with van der Waals surface area (Å²) >= 11 is 0. The number of rotatable bonds is 4. The Morgan fingerprint density at radius 3 is 2.71 bits per heavy atom. The molecule has 4 nitrogen and oxygen atoms in total. The Morgan fingerprint density at radius 1 is 1.38 bits per heavy atom. The van der Waals surface area contributed by atoms with Crippen LogP contribution in [0, 0.1) is 18.3 Å². The van der Waals surface area contributed by atoms with Crippen LogP contribution >= 0.6 is 0 Å². The maximum Gasteiger partial charge on any atom is 0.239 e. The van der Waals surface area contributed by atoms with E-state index in [-0.39, 0.29) is 11.9 Å². The molecule has 1 saturated heterocycles. The lowest BCUT2D eigenvalue weighted by atomic mass is 10.1. The van der Waals surface area contributed by atoms with Gasteiger partial charge in [0, 0.05) is 19.6 Å². The van der Waals surface area contributed by atoms with E-state index in [1.165, 1.54) is 6.42 Å². The van der Waals surface area contributed by atoms with Crippen LogP contribution in [0.5, 0.6) is 0 Å². The lowest BCUT2D eigenvalue weighted by Crippen LogP contribution is -2.46. The first-order chi connectivity index (χ1) is 10.1. The van der Waals surface area contributed by atoms with E-state index in [1.54, 1.807) is 0 Å². The van der Waals surface area contributed by atoms with Crippen LogP contribution in [0.4, 0.5) is 0 Å². The first-order valence-corrected chi connectivity index (χ1v) is 7.63. The van der Waals surface area contributed by atoms with Gasteiger partial charge in [-0.1, -0.05) is 6.07 Å². The van der Waals surface area contributed by atoms with Gasteiger partial charge < -0.3 is 10.2 Å². The van der Waals surface area contributed by atoms with Crippen molar-refractivity contribution in [3.63, 3.8) is 0 Å². The number of amides is 1. The molecule has 1 aromatic carbocycles. The molecular weight excluding hydrogens is 262 g/mol. The van der Waals surface area contributed by atoms with E-state index in [9.17, 15) is 4.79 Å². The van der Waals surface area contributed by atoms with Crippen LogP contribution in [0.1, 0.15) is 42.9 Å². The number of likely N-dealkylation sites (tertiary alicyclic amines) is 1. The zero-order valence-corrected chi connectivity index (χ0v) is 12.9. The van der Waals surface area contributed by atoms with Crippen molar-refractivity contribution in [2.24, 2.45) is 0 Å². The van der Waals surface area contributed by atoms with E-state index < -0.39 is 0 Å². The molecule has 2 rings (SSSR count). The largest absolute Gasteiger partial charge is 0.341 e. The molecule has 1 aliphatic rings. The summed E-state index contributed by atoms with van der Waals surface area (Å²) in [7, 11) is 0. The molecule has 0 aliphatic carbocycles. The van der Waals surface area contributed by atoms with Gasteiger partial charge >= 0.3 is 0 Å². The van der Waals surface area contributed by atoms with Crippen LogP contribution in [0.15, 0.2) is 18.2 Å². The second-order valence-electron chi connectivity index (χ2n) is 5.74. The maximum atomic E-state index is 12.3. The standard InChI is InChI=1S/C17H23N3O/c1-13-10-15(11-18)6-7-16(13)12-19-14(2)17(21)20-8-4-3-5-9-20/h6-7,10,14,19H,3-5,8-9,12H2,1-2H3. The summed E-state index contributed by atoms with van der Waals surface area (Å²) in [6.07, 6.45) is 3.47. The summed E-state index contributed by atoms with van der Waals surface area (Å²) in [5.41, 5.74) is 2.89. The van der Waals surface area contributed by atoms with Gasteiger partial charge in [0.25, 0.3) is 0 Å². The van der Waals surface area contributed by atoms with Gasteiger partial charge in [-0.05, 0) is 56.4 Å². The highest BCUT2D eigenvalue weighted by Crippen LogP contribution is 2.12. The normalized spacial score (nSPS) is 16.3. The second kappa shape index (κ2) is 7.24. The topological polar surface area (TPSA) is 56.1 Å². The lowest BCUT2D eigenvalue weighted by Gasteiger charge is -2.29. The Bertz CT molecular complexity index is 541. The van der Waals surface area contributed by atoms with E-state index in [4.69, 9.17) is 5.26 Å². The van der Waals surface area contributed by atoms with Gasteiger partial charge in [-0.25, -0.2) is 0 Å². The van der Waals surface area contributed by atoms with Crippen molar-refractivity contribution in [2.75, 3.05) is 13.1 Å². The molecule has 1 unspecified atom stereocenters. The predicted molar refractivity (Wildman–Crippen MR) is 82.6 cm³/mol. The van der Waals surface area contributed by atoms with Crippen molar-refractivity contribution in [3.05, 3.63) is 34.9 Å². The molecule has 1 N–H and O–H groups in total. The van der Waals surface area contributed by atoms with Crippen molar-refractivity contribution in [3.8, 4) is 6.07 Å². The number of hydrogen-bond donors (Lipinski definition) is 1. The number of aryl methyl sites for hydroxylation is 1. The average Bonchev–Trinajstić information content (AvgIpc) is 2.53. The molecule has 21 heavy (non-hydrogen) atoms. The number of nitrogens with zero attached hydrogens (tertiary/aromatic N) is 2. The van der Waals surface area contributed by atoms with Crippen molar-refractivity contribution < 1.29 is 4.79 Å². The van der Waals surface area contributed by atoms with Crippen molar-refractivity contribution in [1.82, 2.24) is 10.2 Å². The summed E-state index contributed by atoms with van der Waals surface area (Å²) in [5, 5.41) is 12.2. The molecule has 1 atom stereocenters.